The number of carbonyl (C=O) groups excluding carboxylic acids is 3. The molecule has 230 valence electrons. The summed E-state index contributed by atoms with van der Waals surface area (Å²) in [5, 5.41) is 3.24. The highest BCUT2D eigenvalue weighted by atomic mass is 32.2. The van der Waals surface area contributed by atoms with Crippen LogP contribution < -0.4 is 10.2 Å². The molecule has 3 amide bonds. The van der Waals surface area contributed by atoms with Crippen LogP contribution in [0.2, 0.25) is 0 Å². The van der Waals surface area contributed by atoms with Crippen LogP contribution in [0.15, 0.2) is 132 Å². The van der Waals surface area contributed by atoms with Crippen LogP contribution >= 0.6 is 11.8 Å². The second kappa shape index (κ2) is 16.2. The molecule has 0 fully saturated rings. The molecule has 0 spiro atoms. The standard InChI is InChI=1S/C37H38N4O3S/c1-5-9-20-30(6-2)41-36(44)32(25-27-21-23-31(24-22-27)40(7-3)8-4)35(43)39-37(41)45-26-33(42)38-34(28-16-12-10-13-17-28)29-18-14-11-15-19-29/h5-6,9-25,34H,1,7-8,26H2,2-4H3,(H,38,42)/b20-9-,30-6+,32-25+. The highest BCUT2D eigenvalue weighted by Gasteiger charge is 2.35. The van der Waals surface area contributed by atoms with E-state index in [4.69, 9.17) is 0 Å². The quantitative estimate of drug-likeness (QED) is 0.135. The summed E-state index contributed by atoms with van der Waals surface area (Å²) in [5.41, 5.74) is 4.11. The van der Waals surface area contributed by atoms with Gasteiger partial charge in [-0.1, -0.05) is 109 Å². The van der Waals surface area contributed by atoms with Crippen LogP contribution in [0.5, 0.6) is 0 Å². The summed E-state index contributed by atoms with van der Waals surface area (Å²) in [7, 11) is 0. The Hall–Kier alpha value is -4.95. The molecule has 0 bridgehead atoms. The van der Waals surface area contributed by atoms with Crippen molar-refractivity contribution < 1.29 is 14.4 Å². The second-order valence-electron chi connectivity index (χ2n) is 10.1. The van der Waals surface area contributed by atoms with Crippen molar-refractivity contribution in [1.29, 1.82) is 0 Å². The molecule has 3 aromatic carbocycles. The van der Waals surface area contributed by atoms with Gasteiger partial charge in [-0.05, 0) is 61.7 Å². The molecular weight excluding hydrogens is 580 g/mol. The van der Waals surface area contributed by atoms with Gasteiger partial charge in [0.25, 0.3) is 11.8 Å². The van der Waals surface area contributed by atoms with E-state index in [1.165, 1.54) is 4.90 Å². The first-order chi connectivity index (χ1) is 21.9. The van der Waals surface area contributed by atoms with E-state index in [9.17, 15) is 14.4 Å². The lowest BCUT2D eigenvalue weighted by molar-refractivity contribution is -0.126. The third-order valence-corrected chi connectivity index (χ3v) is 8.18. The SMILES string of the molecule is C=C/C=C\C(=C/C)N1C(=O)/C(=C/c2ccc(N(CC)CC)cc2)C(=O)N=C1SCC(=O)NC(c1ccccc1)c1ccccc1. The van der Waals surface area contributed by atoms with E-state index in [1.807, 2.05) is 84.9 Å². The largest absolute Gasteiger partial charge is 0.372 e. The number of amides is 3. The van der Waals surface area contributed by atoms with Gasteiger partial charge in [0, 0.05) is 24.5 Å². The number of thioether (sulfide) groups is 1. The molecule has 0 atom stereocenters. The number of nitrogens with zero attached hydrogens (tertiary/aromatic N) is 3. The highest BCUT2D eigenvalue weighted by Crippen LogP contribution is 2.27. The molecule has 0 saturated heterocycles. The molecule has 0 unspecified atom stereocenters. The first kappa shape index (κ1) is 33.0. The molecule has 1 heterocycles. The summed E-state index contributed by atoms with van der Waals surface area (Å²) in [6, 6.07) is 26.8. The van der Waals surface area contributed by atoms with Crippen molar-refractivity contribution in [3.8, 4) is 0 Å². The molecule has 1 N–H and O–H groups in total. The third-order valence-electron chi connectivity index (χ3n) is 7.25. The Bertz CT molecular complexity index is 1580. The summed E-state index contributed by atoms with van der Waals surface area (Å²) < 4.78 is 0. The van der Waals surface area contributed by atoms with Gasteiger partial charge in [-0.2, -0.15) is 4.99 Å². The summed E-state index contributed by atoms with van der Waals surface area (Å²) in [4.78, 5) is 48.4. The lowest BCUT2D eigenvalue weighted by atomic mass is 9.99. The Morgan fingerprint density at radius 1 is 0.956 bits per heavy atom. The predicted octanol–water partition coefficient (Wildman–Crippen LogP) is 6.93. The van der Waals surface area contributed by atoms with Gasteiger partial charge in [0.15, 0.2) is 5.17 Å². The lowest BCUT2D eigenvalue weighted by Gasteiger charge is -2.28. The highest BCUT2D eigenvalue weighted by molar-refractivity contribution is 8.14. The van der Waals surface area contributed by atoms with Gasteiger partial charge in [-0.3, -0.25) is 19.3 Å². The van der Waals surface area contributed by atoms with Crippen LogP contribution in [0.25, 0.3) is 6.08 Å². The molecule has 45 heavy (non-hydrogen) atoms. The molecule has 1 aliphatic rings. The number of carbonyl (C=O) groups is 3. The second-order valence-corrected chi connectivity index (χ2v) is 11.0. The van der Waals surface area contributed by atoms with Crippen molar-refractivity contribution in [3.05, 3.63) is 144 Å². The van der Waals surface area contributed by atoms with Crippen LogP contribution in [0.3, 0.4) is 0 Å². The van der Waals surface area contributed by atoms with Gasteiger partial charge in [0.05, 0.1) is 11.8 Å². The molecule has 7 nitrogen and oxygen atoms in total. The summed E-state index contributed by atoms with van der Waals surface area (Å²) >= 11 is 1.04. The van der Waals surface area contributed by atoms with E-state index < -0.39 is 11.8 Å². The number of rotatable bonds is 12. The van der Waals surface area contributed by atoms with E-state index in [0.717, 1.165) is 41.7 Å². The number of hydrogen-bond acceptors (Lipinski definition) is 5. The predicted molar refractivity (Wildman–Crippen MR) is 186 cm³/mol. The van der Waals surface area contributed by atoms with Gasteiger partial charge < -0.3 is 10.2 Å². The Kier molecular flexibility index (Phi) is 11.9. The normalized spacial score (nSPS) is 14.7. The molecule has 1 aliphatic heterocycles. The Labute approximate surface area is 269 Å². The van der Waals surface area contributed by atoms with Crippen molar-refractivity contribution in [2.24, 2.45) is 4.99 Å². The summed E-state index contributed by atoms with van der Waals surface area (Å²) in [5.74, 6) is -1.49. The van der Waals surface area contributed by atoms with E-state index in [-0.39, 0.29) is 28.4 Å². The fourth-order valence-corrected chi connectivity index (χ4v) is 5.74. The molecule has 3 aromatic rings. The number of anilines is 1. The maximum absolute atomic E-state index is 13.9. The first-order valence-corrected chi connectivity index (χ1v) is 15.9. The number of allylic oxidation sites excluding steroid dienone is 4. The van der Waals surface area contributed by atoms with Crippen LogP contribution in [-0.4, -0.2) is 46.6 Å². The number of amidine groups is 1. The Balaban J connectivity index is 1.60. The zero-order valence-electron chi connectivity index (χ0n) is 25.9. The molecule has 0 saturated carbocycles. The topological polar surface area (TPSA) is 82.1 Å². The smallest absolute Gasteiger partial charge is 0.285 e. The van der Waals surface area contributed by atoms with Crippen molar-refractivity contribution >= 4 is 46.4 Å². The number of hydrogen-bond donors (Lipinski definition) is 1. The van der Waals surface area contributed by atoms with Crippen molar-refractivity contribution in [2.75, 3.05) is 23.7 Å². The minimum absolute atomic E-state index is 0.0555. The zero-order chi connectivity index (χ0) is 32.2. The maximum Gasteiger partial charge on any atom is 0.285 e. The van der Waals surface area contributed by atoms with Crippen LogP contribution in [0.4, 0.5) is 5.69 Å². The van der Waals surface area contributed by atoms with E-state index in [2.05, 4.69) is 35.6 Å². The maximum atomic E-state index is 13.9. The molecule has 0 radical (unpaired) electrons. The summed E-state index contributed by atoms with van der Waals surface area (Å²) in [6.07, 6.45) is 8.33. The van der Waals surface area contributed by atoms with Crippen LogP contribution in [0, 0.1) is 0 Å². The summed E-state index contributed by atoms with van der Waals surface area (Å²) in [6.45, 7) is 11.5. The Morgan fingerprint density at radius 2 is 1.56 bits per heavy atom. The monoisotopic (exact) mass is 618 g/mol. The van der Waals surface area contributed by atoms with Gasteiger partial charge in [0.2, 0.25) is 5.91 Å². The van der Waals surface area contributed by atoms with Crippen molar-refractivity contribution in [3.63, 3.8) is 0 Å². The van der Waals surface area contributed by atoms with E-state index in [0.29, 0.717) is 11.3 Å². The molecule has 4 rings (SSSR count). The van der Waals surface area contributed by atoms with Crippen molar-refractivity contribution in [1.82, 2.24) is 10.2 Å². The van der Waals surface area contributed by atoms with Gasteiger partial charge in [0.1, 0.15) is 5.57 Å². The minimum atomic E-state index is -0.651. The fraction of sp³-hybridized carbons (Fsp3) is 0.189. The lowest BCUT2D eigenvalue weighted by Crippen LogP contribution is -2.42. The Morgan fingerprint density at radius 3 is 2.09 bits per heavy atom. The third kappa shape index (κ3) is 8.37. The molecule has 8 heteroatoms. The van der Waals surface area contributed by atoms with Crippen molar-refractivity contribution in [2.45, 2.75) is 26.8 Å². The average Bonchev–Trinajstić information content (AvgIpc) is 3.07. The molecule has 0 aromatic heterocycles. The molecular formula is C37H38N4O3S. The first-order valence-electron chi connectivity index (χ1n) is 14.9. The van der Waals surface area contributed by atoms with Crippen LogP contribution in [-0.2, 0) is 14.4 Å². The van der Waals surface area contributed by atoms with E-state index >= 15 is 0 Å². The van der Waals surface area contributed by atoms with Gasteiger partial charge in [-0.15, -0.1) is 0 Å². The van der Waals surface area contributed by atoms with Gasteiger partial charge >= 0.3 is 0 Å². The number of nitrogens with one attached hydrogen (secondary N) is 1. The minimum Gasteiger partial charge on any atom is -0.372 e. The fourth-order valence-electron chi connectivity index (χ4n) is 4.93. The number of benzene rings is 3. The zero-order valence-corrected chi connectivity index (χ0v) is 26.7. The average molecular weight is 619 g/mol. The van der Waals surface area contributed by atoms with E-state index in [1.54, 1.807) is 37.3 Å². The number of aliphatic imine (C=N–C) groups is 1. The van der Waals surface area contributed by atoms with Gasteiger partial charge in [-0.25, -0.2) is 0 Å². The van der Waals surface area contributed by atoms with Crippen LogP contribution in [0.1, 0.15) is 43.5 Å². The molecule has 0 aliphatic carbocycles.